The van der Waals surface area contributed by atoms with Gasteiger partial charge in [0.05, 0.1) is 17.9 Å². The predicted molar refractivity (Wildman–Crippen MR) is 136 cm³/mol. The molecule has 2 fully saturated rings. The summed E-state index contributed by atoms with van der Waals surface area (Å²) in [4.78, 5) is 2.46. The Labute approximate surface area is 206 Å². The molecule has 3 aromatic carbocycles. The van der Waals surface area contributed by atoms with Crippen LogP contribution in [0.5, 0.6) is 0 Å². The molecule has 0 aromatic heterocycles. The van der Waals surface area contributed by atoms with Crippen LogP contribution in [0, 0.1) is 5.82 Å². The largest absolute Gasteiger partial charge is 0.386 e. The summed E-state index contributed by atoms with van der Waals surface area (Å²) in [5, 5.41) is 11.6. The number of hydrogen-bond donors (Lipinski definition) is 2. The van der Waals surface area contributed by atoms with Crippen molar-refractivity contribution >= 4 is 15.7 Å². The molecule has 1 atom stereocenters. The Kier molecular flexibility index (Phi) is 6.20. The van der Waals surface area contributed by atoms with Gasteiger partial charge in [-0.25, -0.2) is 12.8 Å². The van der Waals surface area contributed by atoms with Crippen LogP contribution in [0.2, 0.25) is 0 Å². The zero-order chi connectivity index (χ0) is 24.7. The van der Waals surface area contributed by atoms with Crippen LogP contribution in [0.4, 0.5) is 10.1 Å². The molecule has 35 heavy (non-hydrogen) atoms. The Morgan fingerprint density at radius 2 is 1.63 bits per heavy atom. The zero-order valence-corrected chi connectivity index (χ0v) is 20.6. The first-order chi connectivity index (χ1) is 16.7. The minimum absolute atomic E-state index is 0.173. The molecule has 0 radical (unpaired) electrons. The number of sulfonamides is 1. The van der Waals surface area contributed by atoms with Crippen molar-refractivity contribution in [3.8, 4) is 0 Å². The zero-order valence-electron chi connectivity index (χ0n) is 19.8. The molecular weight excluding hydrogens is 463 g/mol. The van der Waals surface area contributed by atoms with Crippen molar-refractivity contribution < 1.29 is 17.9 Å². The van der Waals surface area contributed by atoms with Crippen LogP contribution in [0.3, 0.4) is 0 Å². The van der Waals surface area contributed by atoms with Gasteiger partial charge in [-0.1, -0.05) is 54.6 Å². The van der Waals surface area contributed by atoms with Crippen LogP contribution in [-0.2, 0) is 23.0 Å². The highest BCUT2D eigenvalue weighted by atomic mass is 32.2. The standard InChI is InChI=1S/C28H31FN2O3S/c1-35(33,34)30-25-12-5-9-22(17-25)19-27-13-15-28(16-14-27,26(32)23-10-6-11-24(29)18-23)31(27)20-21-7-3-2-4-8-21/h2-12,17-18,26,30,32H,13-16,19-20H2,1H3/t26-,27?,28?/m0/s1. The van der Waals surface area contributed by atoms with E-state index in [0.717, 1.165) is 43.9 Å². The van der Waals surface area contributed by atoms with Gasteiger partial charge < -0.3 is 5.11 Å². The first kappa shape index (κ1) is 24.0. The fourth-order valence-electron chi connectivity index (χ4n) is 6.27. The van der Waals surface area contributed by atoms with Gasteiger partial charge in [0.25, 0.3) is 0 Å². The molecule has 0 spiro atoms. The van der Waals surface area contributed by atoms with Gasteiger partial charge in [-0.15, -0.1) is 0 Å². The van der Waals surface area contributed by atoms with Crippen molar-refractivity contribution in [3.05, 3.63) is 101 Å². The predicted octanol–water partition coefficient (Wildman–Crippen LogP) is 5.04. The van der Waals surface area contributed by atoms with Crippen LogP contribution in [0.15, 0.2) is 78.9 Å². The molecule has 0 saturated carbocycles. The fourth-order valence-corrected chi connectivity index (χ4v) is 6.83. The van der Waals surface area contributed by atoms with E-state index < -0.39 is 21.7 Å². The first-order valence-electron chi connectivity index (χ1n) is 12.0. The van der Waals surface area contributed by atoms with E-state index in [-0.39, 0.29) is 11.4 Å². The number of aliphatic hydroxyl groups is 1. The van der Waals surface area contributed by atoms with E-state index in [1.54, 1.807) is 12.1 Å². The number of nitrogens with zero attached hydrogens (tertiary/aromatic N) is 1. The number of hydrogen-bond acceptors (Lipinski definition) is 4. The summed E-state index contributed by atoms with van der Waals surface area (Å²) in [7, 11) is -3.36. The second-order valence-corrected chi connectivity index (χ2v) is 11.9. The van der Waals surface area contributed by atoms with Crippen LogP contribution >= 0.6 is 0 Å². The number of rotatable bonds is 8. The number of halogens is 1. The summed E-state index contributed by atoms with van der Waals surface area (Å²) < 4.78 is 40.1. The van der Waals surface area contributed by atoms with Crippen molar-refractivity contribution in [2.75, 3.05) is 11.0 Å². The molecule has 184 valence electrons. The topological polar surface area (TPSA) is 69.6 Å². The van der Waals surface area contributed by atoms with Gasteiger partial charge >= 0.3 is 0 Å². The van der Waals surface area contributed by atoms with E-state index >= 15 is 0 Å². The summed E-state index contributed by atoms with van der Waals surface area (Å²) >= 11 is 0. The highest BCUT2D eigenvalue weighted by Crippen LogP contribution is 2.59. The van der Waals surface area contributed by atoms with Crippen LogP contribution in [0.25, 0.3) is 0 Å². The lowest BCUT2D eigenvalue weighted by atomic mass is 9.76. The van der Waals surface area contributed by atoms with Crippen molar-refractivity contribution in [2.24, 2.45) is 0 Å². The Morgan fingerprint density at radius 3 is 2.31 bits per heavy atom. The molecule has 2 N–H and O–H groups in total. The lowest BCUT2D eigenvalue weighted by Crippen LogP contribution is -2.50. The molecule has 2 heterocycles. The summed E-state index contributed by atoms with van der Waals surface area (Å²) in [5.41, 5.74) is 2.73. The van der Waals surface area contributed by atoms with Crippen molar-refractivity contribution in [2.45, 2.75) is 55.8 Å². The van der Waals surface area contributed by atoms with Gasteiger partial charge in [0, 0.05) is 17.8 Å². The third-order valence-corrected chi connectivity index (χ3v) is 8.38. The van der Waals surface area contributed by atoms with Gasteiger partial charge in [-0.3, -0.25) is 9.62 Å². The maximum absolute atomic E-state index is 14.0. The Balaban J connectivity index is 1.50. The summed E-state index contributed by atoms with van der Waals surface area (Å²) in [5.74, 6) is -0.343. The SMILES string of the molecule is CS(=O)(=O)Nc1cccc(CC23CCC([C@@H](O)c4cccc(F)c4)(CC2)N3Cc2ccccc2)c1. The highest BCUT2D eigenvalue weighted by molar-refractivity contribution is 7.92. The number of anilines is 1. The van der Waals surface area contributed by atoms with Gasteiger partial charge in [0.2, 0.25) is 10.0 Å². The molecule has 0 amide bonds. The quantitative estimate of drug-likeness (QED) is 0.460. The lowest BCUT2D eigenvalue weighted by molar-refractivity contribution is -0.0186. The molecule has 2 saturated heterocycles. The monoisotopic (exact) mass is 494 g/mol. The molecule has 0 aliphatic carbocycles. The minimum Gasteiger partial charge on any atom is -0.386 e. The second-order valence-electron chi connectivity index (χ2n) is 10.1. The van der Waals surface area contributed by atoms with Gasteiger partial charge in [-0.2, -0.15) is 0 Å². The summed E-state index contributed by atoms with van der Waals surface area (Å²) in [6.07, 6.45) is 4.56. The molecule has 3 aromatic rings. The van der Waals surface area contributed by atoms with E-state index in [9.17, 15) is 17.9 Å². The summed E-state index contributed by atoms with van der Waals surface area (Å²) in [6.45, 7) is 0.689. The molecule has 5 rings (SSSR count). The summed E-state index contributed by atoms with van der Waals surface area (Å²) in [6, 6.07) is 24.1. The third-order valence-electron chi connectivity index (χ3n) is 7.78. The van der Waals surface area contributed by atoms with Crippen LogP contribution in [0.1, 0.15) is 48.5 Å². The normalized spacial score (nSPS) is 25.0. The lowest BCUT2D eigenvalue weighted by Gasteiger charge is -2.42. The molecule has 2 aliphatic heterocycles. The third kappa shape index (κ3) is 4.73. The smallest absolute Gasteiger partial charge is 0.229 e. The van der Waals surface area contributed by atoms with E-state index in [2.05, 4.69) is 21.8 Å². The molecule has 5 nitrogen and oxygen atoms in total. The number of fused-ring (bicyclic) bond motifs is 2. The maximum Gasteiger partial charge on any atom is 0.229 e. The van der Waals surface area contributed by atoms with E-state index in [1.165, 1.54) is 17.7 Å². The molecule has 7 heteroatoms. The number of nitrogens with one attached hydrogen (secondary N) is 1. The van der Waals surface area contributed by atoms with Crippen LogP contribution < -0.4 is 4.72 Å². The Morgan fingerprint density at radius 1 is 0.943 bits per heavy atom. The van der Waals surface area contributed by atoms with Crippen molar-refractivity contribution in [1.82, 2.24) is 4.90 Å². The van der Waals surface area contributed by atoms with Crippen molar-refractivity contribution in [1.29, 1.82) is 0 Å². The first-order valence-corrected chi connectivity index (χ1v) is 13.9. The van der Waals surface area contributed by atoms with E-state index in [1.807, 2.05) is 42.5 Å². The van der Waals surface area contributed by atoms with Gasteiger partial charge in [-0.05, 0) is 73.1 Å². The maximum atomic E-state index is 14.0. The van der Waals surface area contributed by atoms with Crippen LogP contribution in [-0.4, -0.2) is 35.8 Å². The average Bonchev–Trinajstić information content (AvgIpc) is 3.28. The molecular formula is C28H31FN2O3S. The van der Waals surface area contributed by atoms with E-state index in [4.69, 9.17) is 0 Å². The number of benzene rings is 3. The molecule has 2 bridgehead atoms. The Hall–Kier alpha value is -2.74. The second kappa shape index (κ2) is 9.04. The molecule has 0 unspecified atom stereocenters. The minimum atomic E-state index is -3.36. The van der Waals surface area contributed by atoms with Gasteiger partial charge in [0.15, 0.2) is 0 Å². The average molecular weight is 495 g/mol. The molecule has 2 aliphatic rings. The fraction of sp³-hybridized carbons (Fsp3) is 0.357. The highest BCUT2D eigenvalue weighted by Gasteiger charge is 2.62. The van der Waals surface area contributed by atoms with Crippen molar-refractivity contribution in [3.63, 3.8) is 0 Å². The Bertz CT molecular complexity index is 1300. The van der Waals surface area contributed by atoms with Gasteiger partial charge in [0.1, 0.15) is 5.82 Å². The van der Waals surface area contributed by atoms with E-state index in [0.29, 0.717) is 17.8 Å². The number of aliphatic hydroxyl groups excluding tert-OH is 1.